The summed E-state index contributed by atoms with van der Waals surface area (Å²) in [6.45, 7) is 11.1. The molecule has 0 aliphatic carbocycles. The largest absolute Gasteiger partial charge is 0.379 e. The molecule has 41 heavy (non-hydrogen) atoms. The lowest BCUT2D eigenvalue weighted by atomic mass is 9.62. The van der Waals surface area contributed by atoms with Crippen LogP contribution >= 0.6 is 23.2 Å². The molecule has 7 nitrogen and oxygen atoms in total. The number of hydrogen-bond donors (Lipinski definition) is 3. The number of halogens is 3. The van der Waals surface area contributed by atoms with Crippen LogP contribution in [0.1, 0.15) is 57.1 Å². The number of benzene rings is 2. The smallest absolute Gasteiger partial charge is 0.237 e. The second-order valence-corrected chi connectivity index (χ2v) is 13.4. The van der Waals surface area contributed by atoms with Crippen molar-refractivity contribution in [3.63, 3.8) is 0 Å². The lowest BCUT2D eigenvalue weighted by Crippen LogP contribution is -2.49. The quantitative estimate of drug-likeness (QED) is 0.365. The normalized spacial score (nSPS) is 26.3. The molecule has 2 saturated heterocycles. The fourth-order valence-corrected chi connectivity index (χ4v) is 7.11. The van der Waals surface area contributed by atoms with Crippen LogP contribution in [0, 0.1) is 11.2 Å². The van der Waals surface area contributed by atoms with Crippen LogP contribution in [0.5, 0.6) is 0 Å². The first-order valence-corrected chi connectivity index (χ1v) is 15.2. The molecule has 0 unspecified atom stereocenters. The molecule has 3 aliphatic heterocycles. The minimum atomic E-state index is -1.25. The van der Waals surface area contributed by atoms with Gasteiger partial charge in [0.05, 0.1) is 24.3 Å². The van der Waals surface area contributed by atoms with Crippen molar-refractivity contribution in [1.82, 2.24) is 15.5 Å². The van der Waals surface area contributed by atoms with Crippen molar-refractivity contribution in [2.24, 2.45) is 5.41 Å². The van der Waals surface area contributed by atoms with Gasteiger partial charge in [0.15, 0.2) is 0 Å². The minimum absolute atomic E-state index is 0.0473. The highest BCUT2D eigenvalue weighted by Crippen LogP contribution is 2.57. The molecule has 0 saturated carbocycles. The van der Waals surface area contributed by atoms with E-state index in [-0.39, 0.29) is 27.8 Å². The lowest BCUT2D eigenvalue weighted by Gasteiger charge is -2.37. The van der Waals surface area contributed by atoms with Crippen LogP contribution in [0.15, 0.2) is 36.4 Å². The zero-order chi connectivity index (χ0) is 29.4. The average molecular weight is 606 g/mol. The Morgan fingerprint density at radius 2 is 1.93 bits per heavy atom. The fourth-order valence-electron chi connectivity index (χ4n) is 6.76. The van der Waals surface area contributed by atoms with E-state index in [2.05, 4.69) is 41.6 Å². The molecule has 0 radical (unpaired) electrons. The summed E-state index contributed by atoms with van der Waals surface area (Å²) in [6.07, 6.45) is 2.33. The zero-order valence-electron chi connectivity index (χ0n) is 23.9. The van der Waals surface area contributed by atoms with Crippen molar-refractivity contribution < 1.29 is 18.7 Å². The van der Waals surface area contributed by atoms with Gasteiger partial charge in [0.1, 0.15) is 11.2 Å². The Morgan fingerprint density at radius 3 is 2.66 bits per heavy atom. The Balaban J connectivity index is 1.48. The van der Waals surface area contributed by atoms with Gasteiger partial charge in [-0.1, -0.05) is 62.2 Å². The first-order valence-electron chi connectivity index (χ1n) is 14.4. The van der Waals surface area contributed by atoms with Gasteiger partial charge in [-0.25, -0.2) is 4.39 Å². The molecule has 0 bridgehead atoms. The fraction of sp³-hybridized carbons (Fsp3) is 0.548. The van der Waals surface area contributed by atoms with Crippen molar-refractivity contribution in [1.29, 1.82) is 0 Å². The number of hydrogen-bond acceptors (Lipinski definition) is 5. The molecule has 10 heteroatoms. The van der Waals surface area contributed by atoms with Gasteiger partial charge in [0.2, 0.25) is 11.8 Å². The molecule has 2 fully saturated rings. The molecule has 3 N–H and O–H groups in total. The van der Waals surface area contributed by atoms with Crippen LogP contribution in [0.3, 0.4) is 0 Å². The van der Waals surface area contributed by atoms with Crippen LogP contribution in [-0.4, -0.2) is 68.2 Å². The molecule has 5 rings (SSSR count). The molecule has 4 atom stereocenters. The molecule has 0 aromatic heterocycles. The van der Waals surface area contributed by atoms with E-state index in [0.29, 0.717) is 29.2 Å². The maximum absolute atomic E-state index is 15.8. The number of nitrogens with one attached hydrogen (secondary N) is 3. The lowest BCUT2D eigenvalue weighted by molar-refractivity contribution is -0.123. The number of carbonyl (C=O) groups is 2. The average Bonchev–Trinajstić information content (AvgIpc) is 3.39. The van der Waals surface area contributed by atoms with Crippen molar-refractivity contribution in [2.75, 3.05) is 44.7 Å². The van der Waals surface area contributed by atoms with Gasteiger partial charge in [-0.3, -0.25) is 14.5 Å². The highest BCUT2D eigenvalue weighted by Gasteiger charge is 2.66. The molecule has 1 spiro atoms. The summed E-state index contributed by atoms with van der Waals surface area (Å²) in [7, 11) is 0. The summed E-state index contributed by atoms with van der Waals surface area (Å²) in [5, 5.41) is 10.0. The number of unbranched alkanes of at least 4 members (excludes halogenated alkanes) is 1. The standard InChI is InChI=1S/C31H39Cl2FN4O3/c1-30(2,3)18-24-31(21-10-9-19(32)17-23(21)36-29(31)40)25(20-7-6-8-22(33)26(20)34)27(37-24)28(39)35-11-4-5-12-38-13-15-41-16-14-38/h6-10,17,24-25,27,37H,4-5,11-16,18H2,1-3H3,(H,35,39)(H,36,40)/t24-,25+,27-,31+/m1/s1. The van der Waals surface area contributed by atoms with Crippen molar-refractivity contribution in [2.45, 2.75) is 63.5 Å². The number of fused-ring (bicyclic) bond motifs is 2. The topological polar surface area (TPSA) is 82.7 Å². The Bertz CT molecular complexity index is 1300. The van der Waals surface area contributed by atoms with E-state index in [1.165, 1.54) is 6.07 Å². The number of anilines is 1. The van der Waals surface area contributed by atoms with E-state index in [1.54, 1.807) is 24.3 Å². The molecule has 3 heterocycles. The van der Waals surface area contributed by atoms with E-state index in [9.17, 15) is 9.59 Å². The number of ether oxygens (including phenoxy) is 1. The molecule has 222 valence electrons. The summed E-state index contributed by atoms with van der Waals surface area (Å²) in [5.41, 5.74) is 0.0879. The van der Waals surface area contributed by atoms with Crippen LogP contribution in [0.2, 0.25) is 10.0 Å². The predicted octanol–water partition coefficient (Wildman–Crippen LogP) is 5.11. The third-order valence-electron chi connectivity index (χ3n) is 8.53. The molecule has 2 aromatic carbocycles. The number of nitrogens with zero attached hydrogens (tertiary/aromatic N) is 1. The number of carbonyl (C=O) groups excluding carboxylic acids is 2. The summed E-state index contributed by atoms with van der Waals surface area (Å²) >= 11 is 12.6. The Labute approximate surface area is 251 Å². The SMILES string of the molecule is CC(C)(C)C[C@H]1N[C@@H](C(=O)NCCCCN2CCOCC2)[C@H](c2cccc(Cl)c2F)[C@@]12C(=O)Nc1cc(Cl)ccc12. The summed E-state index contributed by atoms with van der Waals surface area (Å²) in [4.78, 5) is 30.4. The van der Waals surface area contributed by atoms with E-state index in [4.69, 9.17) is 27.9 Å². The van der Waals surface area contributed by atoms with Crippen LogP contribution in [0.25, 0.3) is 0 Å². The summed E-state index contributed by atoms with van der Waals surface area (Å²) < 4.78 is 21.2. The Morgan fingerprint density at radius 1 is 1.17 bits per heavy atom. The summed E-state index contributed by atoms with van der Waals surface area (Å²) in [6, 6.07) is 8.75. The number of morpholine rings is 1. The molecular formula is C31H39Cl2FN4O3. The van der Waals surface area contributed by atoms with Gasteiger partial charge in [-0.05, 0) is 60.5 Å². The van der Waals surface area contributed by atoms with E-state index in [0.717, 1.165) is 45.7 Å². The minimum Gasteiger partial charge on any atom is -0.379 e. The van der Waals surface area contributed by atoms with Gasteiger partial charge < -0.3 is 20.7 Å². The van der Waals surface area contributed by atoms with E-state index < -0.39 is 29.2 Å². The van der Waals surface area contributed by atoms with Gasteiger partial charge in [0, 0.05) is 42.3 Å². The van der Waals surface area contributed by atoms with Crippen molar-refractivity contribution >= 4 is 40.7 Å². The maximum atomic E-state index is 15.8. The van der Waals surface area contributed by atoms with E-state index >= 15 is 4.39 Å². The molecule has 2 amide bonds. The monoisotopic (exact) mass is 604 g/mol. The van der Waals surface area contributed by atoms with Gasteiger partial charge in [0.25, 0.3) is 0 Å². The Kier molecular flexibility index (Phi) is 8.98. The Hall–Kier alpha value is -2.23. The third kappa shape index (κ3) is 6.00. The number of rotatable bonds is 8. The zero-order valence-corrected chi connectivity index (χ0v) is 25.4. The van der Waals surface area contributed by atoms with Crippen molar-refractivity contribution in [3.8, 4) is 0 Å². The highest BCUT2D eigenvalue weighted by atomic mass is 35.5. The molecular weight excluding hydrogens is 566 g/mol. The second-order valence-electron chi connectivity index (χ2n) is 12.5. The van der Waals surface area contributed by atoms with Gasteiger partial charge in [-0.2, -0.15) is 0 Å². The van der Waals surface area contributed by atoms with Crippen LogP contribution in [0.4, 0.5) is 10.1 Å². The first-order chi connectivity index (χ1) is 19.5. The molecule has 2 aromatic rings. The molecule has 3 aliphatic rings. The number of amides is 2. The summed E-state index contributed by atoms with van der Waals surface area (Å²) in [5.74, 6) is -1.99. The van der Waals surface area contributed by atoms with Gasteiger partial charge >= 0.3 is 0 Å². The van der Waals surface area contributed by atoms with Crippen LogP contribution in [-0.2, 0) is 19.7 Å². The highest BCUT2D eigenvalue weighted by molar-refractivity contribution is 6.31. The van der Waals surface area contributed by atoms with Crippen molar-refractivity contribution in [3.05, 3.63) is 63.4 Å². The van der Waals surface area contributed by atoms with Crippen LogP contribution < -0.4 is 16.0 Å². The predicted molar refractivity (Wildman–Crippen MR) is 160 cm³/mol. The first kappa shape index (κ1) is 30.2. The third-order valence-corrected chi connectivity index (χ3v) is 9.05. The van der Waals surface area contributed by atoms with E-state index in [1.807, 2.05) is 6.07 Å². The second kappa shape index (κ2) is 12.2. The maximum Gasteiger partial charge on any atom is 0.237 e. The van der Waals surface area contributed by atoms with Gasteiger partial charge in [-0.15, -0.1) is 0 Å².